The number of aliphatic carboxylic acids is 4. The fraction of sp³-hybridized carbons (Fsp3) is 0.600. The molecule has 0 aromatic heterocycles. The quantitative estimate of drug-likeness (QED) is 0.374. The van der Waals surface area contributed by atoms with Gasteiger partial charge in [-0.2, -0.15) is 0 Å². The molecule has 116 valence electrons. The fourth-order valence-corrected chi connectivity index (χ4v) is 0.811. The van der Waals surface area contributed by atoms with Gasteiger partial charge in [0.1, 0.15) is 0 Å². The Kier molecular flexibility index (Phi) is 27.8. The Balaban J connectivity index is -0.0000000952. The fourth-order valence-electron chi connectivity index (χ4n) is 0.811. The Bertz CT molecular complexity index is 375. The molecular weight excluding hydrogens is 378 g/mol. The van der Waals surface area contributed by atoms with Gasteiger partial charge in [-0.05, 0) is 14.0 Å². The first kappa shape index (κ1) is 29.5. The summed E-state index contributed by atoms with van der Waals surface area (Å²) in [6, 6.07) is -2.67. The maximum Gasteiger partial charge on any atom is 2.00 e. The molecule has 0 rings (SSSR count). The molecule has 0 aliphatic rings. The van der Waals surface area contributed by atoms with Crippen LogP contribution in [0.4, 0.5) is 0 Å². The van der Waals surface area contributed by atoms with Crippen LogP contribution in [0.5, 0.6) is 0 Å². The van der Waals surface area contributed by atoms with Crippen molar-refractivity contribution in [3.63, 3.8) is 0 Å². The molecule has 0 amide bonds. The number of carboxylic acid groups (broad SMARTS) is 4. The van der Waals surface area contributed by atoms with Crippen molar-refractivity contribution in [1.29, 1.82) is 0 Å². The van der Waals surface area contributed by atoms with Crippen LogP contribution in [-0.2, 0) is 19.2 Å². The number of carbonyl (C=O) groups excluding carboxylic acids is 4. The molecule has 2 N–H and O–H groups in total. The van der Waals surface area contributed by atoms with Gasteiger partial charge < -0.3 is 50.2 Å². The maximum atomic E-state index is 10.1. The summed E-state index contributed by atoms with van der Waals surface area (Å²) in [7, 11) is -0.738. The Morgan fingerprint density at radius 2 is 1.13 bits per heavy atom. The molecule has 0 aromatic carbocycles. The summed E-state index contributed by atoms with van der Waals surface area (Å²) >= 11 is 0. The number of carbonyl (C=O) groups is 4. The van der Waals surface area contributed by atoms with E-state index in [2.05, 4.69) is 10.6 Å². The van der Waals surface area contributed by atoms with Crippen LogP contribution in [0.25, 0.3) is 0 Å². The molecule has 13 heteroatoms. The summed E-state index contributed by atoms with van der Waals surface area (Å²) < 4.78 is 13.1. The second-order valence-electron chi connectivity index (χ2n) is 3.30. The normalized spacial score (nSPS) is 12.0. The van der Waals surface area contributed by atoms with E-state index in [4.69, 9.17) is 2.74 Å². The zero-order valence-corrected chi connectivity index (χ0v) is 20.3. The summed E-state index contributed by atoms with van der Waals surface area (Å²) in [6.07, 6.45) is -1.36. The molecule has 10 nitrogen and oxygen atoms in total. The van der Waals surface area contributed by atoms with E-state index in [0.29, 0.717) is 0 Å². The molecule has 0 bridgehead atoms. The van der Waals surface area contributed by atoms with Gasteiger partial charge in [-0.1, -0.05) is 0 Å². The van der Waals surface area contributed by atoms with Crippen molar-refractivity contribution >= 4 is 61.6 Å². The van der Waals surface area contributed by atoms with Gasteiger partial charge >= 0.3 is 119 Å². The van der Waals surface area contributed by atoms with Gasteiger partial charge in [-0.3, -0.25) is 0 Å². The maximum absolute atomic E-state index is 10.1. The Hall–Kier alpha value is 1.70. The molecule has 0 unspecified atom stereocenters. The molecule has 0 aliphatic carbocycles. The number of carboxylic acids is 4. The molecule has 0 fully saturated rings. The smallest absolute Gasteiger partial charge is 0.550 e. The third-order valence-corrected chi connectivity index (χ3v) is 1.80. The summed E-state index contributed by atoms with van der Waals surface area (Å²) in [5, 5.41) is 44.1. The summed E-state index contributed by atoms with van der Waals surface area (Å²) in [5.74, 6) is -6.05. The third kappa shape index (κ3) is 23.7. The standard InChI is InChI=1S/2C5H9NO4.Ca.K.Na/c2*1-6-3(5(9)10)2-4(7)8;;;/h2*3,6H,2H2,1H3,(H,7,8)(H,9,10);;;/q;;+2;2*+1/p-4/t2*3-;;;/m10.../s1/i2*1D;;;. The minimum absolute atomic E-state index is 0. The molecule has 0 aliphatic heterocycles. The van der Waals surface area contributed by atoms with E-state index >= 15 is 0 Å². The van der Waals surface area contributed by atoms with Gasteiger partial charge in [0.2, 0.25) is 0 Å². The predicted octanol–water partition coefficient (Wildman–Crippen LogP) is -13.4. The van der Waals surface area contributed by atoms with Crippen molar-refractivity contribution in [2.75, 3.05) is 14.0 Å². The van der Waals surface area contributed by atoms with Crippen LogP contribution in [0.15, 0.2) is 0 Å². The summed E-state index contributed by atoms with van der Waals surface area (Å²) in [4.78, 5) is 39.9. The Labute approximate surface area is 230 Å². The van der Waals surface area contributed by atoms with E-state index in [1.807, 2.05) is 0 Å². The van der Waals surface area contributed by atoms with Gasteiger partial charge in [-0.25, -0.2) is 0 Å². The zero-order chi connectivity index (χ0) is 17.7. The van der Waals surface area contributed by atoms with Gasteiger partial charge in [0.15, 0.2) is 0 Å². The average Bonchev–Trinajstić information content (AvgIpc) is 2.37. The van der Waals surface area contributed by atoms with Crippen molar-refractivity contribution in [1.82, 2.24) is 10.6 Å². The summed E-state index contributed by atoms with van der Waals surface area (Å²) in [6.45, 7) is 0. The SMILES string of the molecule is [2H]CN[C@@H](CC(=O)[O-])C(=O)[O-].[2H]CN[C@H](CC(=O)[O-])C(=O)[O-].[Ca+2].[K+].[Na+]. The van der Waals surface area contributed by atoms with Crippen molar-refractivity contribution in [2.45, 2.75) is 24.9 Å². The van der Waals surface area contributed by atoms with E-state index in [1.165, 1.54) is 0 Å². The van der Waals surface area contributed by atoms with Crippen LogP contribution < -0.4 is 112 Å². The molecule has 0 aromatic rings. The van der Waals surface area contributed by atoms with E-state index in [9.17, 15) is 39.6 Å². The van der Waals surface area contributed by atoms with Crippen LogP contribution in [0.3, 0.4) is 0 Å². The molecule has 0 saturated carbocycles. The third-order valence-electron chi connectivity index (χ3n) is 1.80. The van der Waals surface area contributed by atoms with Crippen LogP contribution in [-0.4, -0.2) is 87.7 Å². The molecular formula is C10H14CaKN2NaO8. The topological polar surface area (TPSA) is 185 Å². The van der Waals surface area contributed by atoms with Crippen LogP contribution in [0.1, 0.15) is 15.6 Å². The Morgan fingerprint density at radius 1 is 0.870 bits per heavy atom. The first-order valence-corrected chi connectivity index (χ1v) is 5.02. The molecule has 0 radical (unpaired) electrons. The van der Waals surface area contributed by atoms with E-state index in [-0.39, 0.29) is 133 Å². The van der Waals surface area contributed by atoms with E-state index in [0.717, 1.165) is 0 Å². The molecule has 0 heterocycles. The molecule has 0 spiro atoms. The van der Waals surface area contributed by atoms with Crippen LogP contribution in [0, 0.1) is 0 Å². The second kappa shape index (κ2) is 21.7. The van der Waals surface area contributed by atoms with Gasteiger partial charge in [0, 0.05) is 27.5 Å². The predicted molar refractivity (Wildman–Crippen MR) is 60.7 cm³/mol. The average molecular weight is 394 g/mol. The van der Waals surface area contributed by atoms with Crippen LogP contribution in [0.2, 0.25) is 0 Å². The number of rotatable bonds is 8. The molecule has 2 atom stereocenters. The minimum Gasteiger partial charge on any atom is -0.550 e. The number of nitrogens with one attached hydrogen (secondary N) is 2. The van der Waals surface area contributed by atoms with Crippen molar-refractivity contribution in [3.05, 3.63) is 0 Å². The minimum atomic E-state index is -1.54. The summed E-state index contributed by atoms with van der Waals surface area (Å²) in [5.41, 5.74) is 0. The van der Waals surface area contributed by atoms with E-state index < -0.39 is 48.8 Å². The van der Waals surface area contributed by atoms with Crippen molar-refractivity contribution < 1.29 is 123 Å². The monoisotopic (exact) mass is 394 g/mol. The number of hydrogen-bond acceptors (Lipinski definition) is 10. The van der Waals surface area contributed by atoms with Gasteiger partial charge in [0.25, 0.3) is 0 Å². The van der Waals surface area contributed by atoms with Crippen molar-refractivity contribution in [2.24, 2.45) is 0 Å². The van der Waals surface area contributed by atoms with E-state index in [1.54, 1.807) is 0 Å². The molecule has 23 heavy (non-hydrogen) atoms. The Morgan fingerprint density at radius 3 is 1.26 bits per heavy atom. The second-order valence-corrected chi connectivity index (χ2v) is 3.30. The van der Waals surface area contributed by atoms with Gasteiger partial charge in [0.05, 0.1) is 24.0 Å². The van der Waals surface area contributed by atoms with Gasteiger partial charge in [-0.15, -0.1) is 0 Å². The van der Waals surface area contributed by atoms with Crippen molar-refractivity contribution in [3.8, 4) is 0 Å². The first-order valence-electron chi connectivity index (χ1n) is 6.43. The molecule has 0 saturated heterocycles. The van der Waals surface area contributed by atoms with Crippen LogP contribution >= 0.6 is 0 Å². The zero-order valence-electron chi connectivity index (χ0n) is 15.0. The first-order chi connectivity index (χ1) is 10.1. The number of likely N-dealkylation sites (N-methyl/N-ethyl adjacent to an activating group) is 2. The number of hydrogen-bond donors (Lipinski definition) is 2. The largest absolute Gasteiger partial charge is 2.00 e.